The van der Waals surface area contributed by atoms with Crippen LogP contribution < -0.4 is 10.0 Å². The molecule has 2 aromatic carbocycles. The van der Waals surface area contributed by atoms with Crippen LogP contribution in [-0.2, 0) is 14.8 Å². The second-order valence-electron chi connectivity index (χ2n) is 5.31. The van der Waals surface area contributed by atoms with Crippen molar-refractivity contribution in [3.8, 4) is 0 Å². The van der Waals surface area contributed by atoms with Crippen molar-refractivity contribution in [2.75, 3.05) is 10.0 Å². The number of rotatable bonds is 6. The molecule has 6 nitrogen and oxygen atoms in total. The molecule has 0 aliphatic rings. The number of nitrogens with zero attached hydrogens (tertiary/aromatic N) is 1. The lowest BCUT2D eigenvalue weighted by molar-refractivity contribution is -0.111. The number of nitrogens with one attached hydrogen (secondary N) is 2. The van der Waals surface area contributed by atoms with Crippen molar-refractivity contribution in [1.82, 2.24) is 4.98 Å². The summed E-state index contributed by atoms with van der Waals surface area (Å²) in [5, 5.41) is 5.17. The summed E-state index contributed by atoms with van der Waals surface area (Å²) in [6.07, 6.45) is 4.47. The van der Waals surface area contributed by atoms with Gasteiger partial charge in [-0.05, 0) is 42.0 Å². The Balaban J connectivity index is 1.65. The fourth-order valence-electron chi connectivity index (χ4n) is 2.12. The number of halogens is 1. The van der Waals surface area contributed by atoms with Crippen molar-refractivity contribution in [2.45, 2.75) is 4.90 Å². The molecule has 9 heteroatoms. The number of anilines is 2. The molecule has 3 rings (SSSR count). The van der Waals surface area contributed by atoms with Crippen LogP contribution in [0.3, 0.4) is 0 Å². The largest absolute Gasteiger partial charge is 0.323 e. The number of benzene rings is 2. The average molecular weight is 420 g/mol. The van der Waals surface area contributed by atoms with E-state index in [0.29, 0.717) is 10.7 Å². The van der Waals surface area contributed by atoms with Gasteiger partial charge in [0.25, 0.3) is 10.0 Å². The first kappa shape index (κ1) is 19.1. The minimum atomic E-state index is -3.72. The van der Waals surface area contributed by atoms with Gasteiger partial charge in [-0.25, -0.2) is 13.4 Å². The zero-order valence-electron chi connectivity index (χ0n) is 13.8. The standard InChI is InChI=1S/C18H14ClN3O3S2/c19-16-4-2-1-3-13(16)5-10-17(23)21-14-6-8-15(9-7-14)27(24,25)22-18-20-11-12-26-18/h1-12H,(H,20,22)(H,21,23)/b10-5+. The minimum absolute atomic E-state index is 0.0716. The second kappa shape index (κ2) is 8.34. The Morgan fingerprint density at radius 3 is 2.52 bits per heavy atom. The SMILES string of the molecule is O=C(/C=C/c1ccccc1Cl)Nc1ccc(S(=O)(=O)Nc2nccs2)cc1. The molecule has 0 saturated carbocycles. The van der Waals surface area contributed by atoms with Crippen LogP contribution in [-0.4, -0.2) is 19.3 Å². The molecule has 0 aliphatic carbocycles. The summed E-state index contributed by atoms with van der Waals surface area (Å²) < 4.78 is 26.9. The Bertz CT molecular complexity index is 1060. The maximum absolute atomic E-state index is 12.3. The normalized spacial score (nSPS) is 11.4. The third-order valence-electron chi connectivity index (χ3n) is 3.41. The van der Waals surface area contributed by atoms with Crippen molar-refractivity contribution in [3.63, 3.8) is 0 Å². The van der Waals surface area contributed by atoms with E-state index in [9.17, 15) is 13.2 Å². The number of carbonyl (C=O) groups is 1. The molecule has 2 N–H and O–H groups in total. The maximum atomic E-state index is 12.3. The van der Waals surface area contributed by atoms with Gasteiger partial charge in [0.05, 0.1) is 4.90 Å². The monoisotopic (exact) mass is 419 g/mol. The molecule has 0 unspecified atom stereocenters. The van der Waals surface area contributed by atoms with Crippen molar-refractivity contribution in [2.24, 2.45) is 0 Å². The first-order valence-electron chi connectivity index (χ1n) is 7.70. The third kappa shape index (κ3) is 5.16. The minimum Gasteiger partial charge on any atom is -0.323 e. The maximum Gasteiger partial charge on any atom is 0.263 e. The fourth-order valence-corrected chi connectivity index (χ4v) is 4.11. The molecule has 27 heavy (non-hydrogen) atoms. The van der Waals surface area contributed by atoms with Crippen LogP contribution in [0.2, 0.25) is 5.02 Å². The van der Waals surface area contributed by atoms with Gasteiger partial charge in [0.1, 0.15) is 0 Å². The van der Waals surface area contributed by atoms with E-state index in [2.05, 4.69) is 15.0 Å². The van der Waals surface area contributed by atoms with E-state index in [0.717, 1.165) is 5.56 Å². The molecule has 1 aromatic heterocycles. The summed E-state index contributed by atoms with van der Waals surface area (Å²) in [6, 6.07) is 13.0. The number of carbonyl (C=O) groups excluding carboxylic acids is 1. The number of amides is 1. The zero-order chi connectivity index (χ0) is 19.3. The van der Waals surface area contributed by atoms with E-state index >= 15 is 0 Å². The highest BCUT2D eigenvalue weighted by Crippen LogP contribution is 2.20. The lowest BCUT2D eigenvalue weighted by Crippen LogP contribution is -2.13. The summed E-state index contributed by atoms with van der Waals surface area (Å²) in [7, 11) is -3.72. The van der Waals surface area contributed by atoms with Crippen molar-refractivity contribution in [3.05, 3.63) is 76.8 Å². The number of hydrogen-bond donors (Lipinski definition) is 2. The lowest BCUT2D eigenvalue weighted by atomic mass is 10.2. The highest BCUT2D eigenvalue weighted by molar-refractivity contribution is 7.93. The van der Waals surface area contributed by atoms with E-state index in [1.54, 1.807) is 29.7 Å². The quantitative estimate of drug-likeness (QED) is 0.584. The van der Waals surface area contributed by atoms with E-state index < -0.39 is 10.0 Å². The first-order valence-corrected chi connectivity index (χ1v) is 10.4. The number of thiazole rings is 1. The predicted molar refractivity (Wildman–Crippen MR) is 108 cm³/mol. The fraction of sp³-hybridized carbons (Fsp3) is 0. The lowest BCUT2D eigenvalue weighted by Gasteiger charge is -2.07. The Hall–Kier alpha value is -2.68. The van der Waals surface area contributed by atoms with Gasteiger partial charge >= 0.3 is 0 Å². The van der Waals surface area contributed by atoms with Gasteiger partial charge in [-0.3, -0.25) is 9.52 Å². The Morgan fingerprint density at radius 1 is 1.11 bits per heavy atom. The number of aromatic nitrogens is 1. The van der Waals surface area contributed by atoms with Crippen LogP contribution in [0.5, 0.6) is 0 Å². The number of sulfonamides is 1. The van der Waals surface area contributed by atoms with Crippen LogP contribution in [0.1, 0.15) is 5.56 Å². The van der Waals surface area contributed by atoms with Crippen molar-refractivity contribution in [1.29, 1.82) is 0 Å². The molecule has 0 spiro atoms. The predicted octanol–water partition coefficient (Wildman–Crippen LogP) is 4.25. The van der Waals surface area contributed by atoms with Crippen LogP contribution in [0.4, 0.5) is 10.8 Å². The Labute approximate surface area is 165 Å². The molecule has 1 amide bonds. The van der Waals surface area contributed by atoms with Gasteiger partial charge < -0.3 is 5.32 Å². The van der Waals surface area contributed by atoms with Crippen LogP contribution in [0.15, 0.2) is 71.1 Å². The van der Waals surface area contributed by atoms with Gasteiger partial charge in [-0.1, -0.05) is 29.8 Å². The van der Waals surface area contributed by atoms with Gasteiger partial charge in [-0.2, -0.15) is 0 Å². The molecular weight excluding hydrogens is 406 g/mol. The van der Waals surface area contributed by atoms with Crippen LogP contribution >= 0.6 is 22.9 Å². The number of hydrogen-bond acceptors (Lipinski definition) is 5. The Morgan fingerprint density at radius 2 is 1.85 bits per heavy atom. The third-order valence-corrected chi connectivity index (χ3v) is 5.92. The van der Waals surface area contributed by atoms with Gasteiger partial charge in [0.2, 0.25) is 5.91 Å². The van der Waals surface area contributed by atoms with E-state index in [4.69, 9.17) is 11.6 Å². The van der Waals surface area contributed by atoms with Gasteiger partial charge in [0.15, 0.2) is 5.13 Å². The van der Waals surface area contributed by atoms with E-state index in [-0.39, 0.29) is 15.9 Å². The van der Waals surface area contributed by atoms with Crippen LogP contribution in [0.25, 0.3) is 6.08 Å². The zero-order valence-corrected chi connectivity index (χ0v) is 16.2. The molecule has 0 bridgehead atoms. The van der Waals surface area contributed by atoms with Crippen molar-refractivity contribution >= 4 is 55.8 Å². The molecule has 3 aromatic rings. The molecule has 0 aliphatic heterocycles. The average Bonchev–Trinajstić information content (AvgIpc) is 3.14. The summed E-state index contributed by atoms with van der Waals surface area (Å²) in [6.45, 7) is 0. The molecule has 0 fully saturated rings. The van der Waals surface area contributed by atoms with E-state index in [1.807, 2.05) is 6.07 Å². The topological polar surface area (TPSA) is 88.2 Å². The summed E-state index contributed by atoms with van der Waals surface area (Å²) >= 11 is 7.21. The summed E-state index contributed by atoms with van der Waals surface area (Å²) in [5.74, 6) is -0.355. The smallest absolute Gasteiger partial charge is 0.263 e. The van der Waals surface area contributed by atoms with Gasteiger partial charge in [0, 0.05) is 28.4 Å². The second-order valence-corrected chi connectivity index (χ2v) is 8.30. The van der Waals surface area contributed by atoms with Gasteiger partial charge in [-0.15, -0.1) is 11.3 Å². The highest BCUT2D eigenvalue weighted by Gasteiger charge is 2.15. The Kier molecular flexibility index (Phi) is 5.90. The van der Waals surface area contributed by atoms with E-state index in [1.165, 1.54) is 47.9 Å². The molecule has 0 radical (unpaired) electrons. The summed E-state index contributed by atoms with van der Waals surface area (Å²) in [4.78, 5) is 16.0. The molecule has 0 saturated heterocycles. The molecule has 0 atom stereocenters. The summed E-state index contributed by atoms with van der Waals surface area (Å²) in [5.41, 5.74) is 1.20. The molecular formula is C18H14ClN3O3S2. The highest BCUT2D eigenvalue weighted by atomic mass is 35.5. The molecule has 1 heterocycles. The molecule has 138 valence electrons. The van der Waals surface area contributed by atoms with Crippen molar-refractivity contribution < 1.29 is 13.2 Å². The first-order chi connectivity index (χ1) is 12.9. The van der Waals surface area contributed by atoms with Crippen LogP contribution in [0, 0.1) is 0 Å².